The summed E-state index contributed by atoms with van der Waals surface area (Å²) in [7, 11) is 0. The van der Waals surface area contributed by atoms with Crippen molar-refractivity contribution < 1.29 is 4.74 Å². The Morgan fingerprint density at radius 3 is 2.82 bits per heavy atom. The molecule has 33 heavy (non-hydrogen) atoms. The Kier molecular flexibility index (Phi) is 12.5. The number of hydrogen-bond donors (Lipinski definition) is 2. The molecule has 2 unspecified atom stereocenters. The molecule has 8 nitrogen and oxygen atoms in total. The summed E-state index contributed by atoms with van der Waals surface area (Å²) in [6.07, 6.45) is 6.16. The van der Waals surface area contributed by atoms with Gasteiger partial charge in [-0.05, 0) is 45.2 Å². The summed E-state index contributed by atoms with van der Waals surface area (Å²) < 4.78 is 7.95. The molecule has 2 atom stereocenters. The molecule has 1 aromatic carbocycles. The van der Waals surface area contributed by atoms with Gasteiger partial charge < -0.3 is 24.8 Å². The van der Waals surface area contributed by atoms with Gasteiger partial charge in [-0.15, -0.1) is 34.2 Å². The fourth-order valence-corrected chi connectivity index (χ4v) is 4.05. The largest absolute Gasteiger partial charge is 0.376 e. The highest BCUT2D eigenvalue weighted by atomic mass is 127. The van der Waals surface area contributed by atoms with Crippen molar-refractivity contribution in [3.8, 4) is 0 Å². The quantitative estimate of drug-likeness (QED) is 0.177. The third-order valence-electron chi connectivity index (χ3n) is 5.90. The predicted octanol–water partition coefficient (Wildman–Crippen LogP) is 3.48. The maximum absolute atomic E-state index is 5.86. The second-order valence-corrected chi connectivity index (χ2v) is 8.20. The number of benzene rings is 1. The fraction of sp³-hybridized carbons (Fsp3) is 0.625. The predicted molar refractivity (Wildman–Crippen MR) is 146 cm³/mol. The molecule has 2 aromatic rings. The normalized spacial score (nSPS) is 16.8. The summed E-state index contributed by atoms with van der Waals surface area (Å²) in [6, 6.07) is 10.8. The SMILES string of the molecule is CCc1nncn1CCNC(=NCCCN(CC)c1ccccc1)NC(C)C1CCCO1.I. The van der Waals surface area contributed by atoms with E-state index >= 15 is 0 Å². The molecule has 0 aliphatic carbocycles. The van der Waals surface area contributed by atoms with Crippen LogP contribution in [-0.2, 0) is 17.7 Å². The Hall–Kier alpha value is -1.88. The smallest absolute Gasteiger partial charge is 0.191 e. The zero-order chi connectivity index (χ0) is 22.6. The van der Waals surface area contributed by atoms with E-state index in [1.54, 1.807) is 6.33 Å². The maximum Gasteiger partial charge on any atom is 0.191 e. The molecule has 0 radical (unpaired) electrons. The van der Waals surface area contributed by atoms with Gasteiger partial charge in [0.05, 0.1) is 12.1 Å². The average Bonchev–Trinajstić information content (AvgIpc) is 3.51. The number of nitrogens with one attached hydrogen (secondary N) is 2. The number of anilines is 1. The van der Waals surface area contributed by atoms with E-state index in [2.05, 4.69) is 81.4 Å². The summed E-state index contributed by atoms with van der Waals surface area (Å²) >= 11 is 0. The van der Waals surface area contributed by atoms with Gasteiger partial charge >= 0.3 is 0 Å². The van der Waals surface area contributed by atoms with Gasteiger partial charge in [0.2, 0.25) is 0 Å². The molecule has 1 aromatic heterocycles. The van der Waals surface area contributed by atoms with E-state index in [0.717, 1.165) is 76.8 Å². The van der Waals surface area contributed by atoms with Crippen molar-refractivity contribution in [2.45, 2.75) is 65.1 Å². The number of para-hydroxylation sites is 1. The number of guanidine groups is 1. The first-order valence-electron chi connectivity index (χ1n) is 12.0. The lowest BCUT2D eigenvalue weighted by molar-refractivity contribution is 0.0890. The third-order valence-corrected chi connectivity index (χ3v) is 5.90. The maximum atomic E-state index is 5.86. The molecule has 0 bridgehead atoms. The minimum Gasteiger partial charge on any atom is -0.376 e. The molecule has 1 aliphatic rings. The monoisotopic (exact) mass is 569 g/mol. The minimum absolute atomic E-state index is 0. The number of hydrogen-bond acceptors (Lipinski definition) is 5. The number of rotatable bonds is 12. The Morgan fingerprint density at radius 1 is 1.30 bits per heavy atom. The zero-order valence-corrected chi connectivity index (χ0v) is 22.6. The highest BCUT2D eigenvalue weighted by molar-refractivity contribution is 14.0. The molecule has 2 heterocycles. The summed E-state index contributed by atoms with van der Waals surface area (Å²) in [6.45, 7) is 11.6. The van der Waals surface area contributed by atoms with Crippen LogP contribution in [0.1, 0.15) is 45.9 Å². The Balaban J connectivity index is 0.00000385. The number of halogens is 1. The van der Waals surface area contributed by atoms with Crippen LogP contribution >= 0.6 is 24.0 Å². The summed E-state index contributed by atoms with van der Waals surface area (Å²) in [5.74, 6) is 1.86. The number of aryl methyl sites for hydroxylation is 1. The van der Waals surface area contributed by atoms with Gasteiger partial charge in [0.1, 0.15) is 12.2 Å². The van der Waals surface area contributed by atoms with Gasteiger partial charge in [0.15, 0.2) is 5.96 Å². The molecule has 3 rings (SSSR count). The first-order valence-corrected chi connectivity index (χ1v) is 12.0. The van der Waals surface area contributed by atoms with Crippen LogP contribution in [0.25, 0.3) is 0 Å². The lowest BCUT2D eigenvalue weighted by Crippen LogP contribution is -2.47. The second-order valence-electron chi connectivity index (χ2n) is 8.20. The van der Waals surface area contributed by atoms with Crippen LogP contribution in [0.2, 0.25) is 0 Å². The zero-order valence-electron chi connectivity index (χ0n) is 20.2. The fourth-order valence-electron chi connectivity index (χ4n) is 4.05. The van der Waals surface area contributed by atoms with Crippen molar-refractivity contribution >= 4 is 35.6 Å². The van der Waals surface area contributed by atoms with Gasteiger partial charge in [-0.3, -0.25) is 4.99 Å². The summed E-state index contributed by atoms with van der Waals surface area (Å²) in [5.41, 5.74) is 1.27. The molecule has 1 fully saturated rings. The number of aromatic nitrogens is 3. The Bertz CT molecular complexity index is 808. The molecule has 1 aliphatic heterocycles. The molecule has 0 spiro atoms. The van der Waals surface area contributed by atoms with Crippen molar-refractivity contribution in [1.29, 1.82) is 0 Å². The molecule has 0 saturated carbocycles. The molecule has 9 heteroatoms. The van der Waals surface area contributed by atoms with Crippen LogP contribution in [0.4, 0.5) is 5.69 Å². The van der Waals surface area contributed by atoms with E-state index in [1.165, 1.54) is 5.69 Å². The van der Waals surface area contributed by atoms with Crippen LogP contribution in [0.5, 0.6) is 0 Å². The topological polar surface area (TPSA) is 79.6 Å². The van der Waals surface area contributed by atoms with E-state index < -0.39 is 0 Å². The average molecular weight is 570 g/mol. The summed E-state index contributed by atoms with van der Waals surface area (Å²) in [4.78, 5) is 7.26. The highest BCUT2D eigenvalue weighted by Crippen LogP contribution is 2.15. The van der Waals surface area contributed by atoms with E-state index in [0.29, 0.717) is 0 Å². The van der Waals surface area contributed by atoms with E-state index in [9.17, 15) is 0 Å². The molecular formula is C24H40IN7O. The lowest BCUT2D eigenvalue weighted by atomic mass is 10.1. The van der Waals surface area contributed by atoms with Crippen molar-refractivity contribution in [2.24, 2.45) is 4.99 Å². The van der Waals surface area contributed by atoms with Crippen LogP contribution in [0.15, 0.2) is 41.7 Å². The highest BCUT2D eigenvalue weighted by Gasteiger charge is 2.23. The third kappa shape index (κ3) is 8.77. The van der Waals surface area contributed by atoms with Gasteiger partial charge in [-0.2, -0.15) is 0 Å². The molecule has 0 amide bonds. The van der Waals surface area contributed by atoms with Crippen molar-refractivity contribution in [2.75, 3.05) is 37.7 Å². The van der Waals surface area contributed by atoms with Crippen molar-refractivity contribution in [3.63, 3.8) is 0 Å². The molecule has 1 saturated heterocycles. The number of nitrogens with zero attached hydrogens (tertiary/aromatic N) is 5. The van der Waals surface area contributed by atoms with Crippen LogP contribution < -0.4 is 15.5 Å². The minimum atomic E-state index is 0. The van der Waals surface area contributed by atoms with Gasteiger partial charge in [0.25, 0.3) is 0 Å². The lowest BCUT2D eigenvalue weighted by Gasteiger charge is -2.24. The second kappa shape index (κ2) is 15.1. The Labute approximate surface area is 215 Å². The van der Waals surface area contributed by atoms with E-state index in [1.807, 2.05) is 0 Å². The van der Waals surface area contributed by atoms with Crippen molar-refractivity contribution in [1.82, 2.24) is 25.4 Å². The standard InChI is InChI=1S/C24H39N7O.HI/c1-4-23-29-27-19-31(23)17-15-26-24(28-20(3)22-13-9-18-32-22)25-14-10-16-30(5-2)21-11-7-6-8-12-21;/h6-8,11-12,19-20,22H,4-5,9-10,13-18H2,1-3H3,(H2,25,26,28);1H. The van der Waals surface area contributed by atoms with Crippen molar-refractivity contribution in [3.05, 3.63) is 42.5 Å². The Morgan fingerprint density at radius 2 is 2.12 bits per heavy atom. The molecular weight excluding hydrogens is 529 g/mol. The van der Waals surface area contributed by atoms with Crippen LogP contribution in [0.3, 0.4) is 0 Å². The van der Waals surface area contributed by atoms with Gasteiger partial charge in [0, 0.05) is 51.4 Å². The summed E-state index contributed by atoms with van der Waals surface area (Å²) in [5, 5.41) is 15.2. The van der Waals surface area contributed by atoms with Crippen LogP contribution in [-0.4, -0.2) is 65.7 Å². The van der Waals surface area contributed by atoms with Crippen LogP contribution in [0, 0.1) is 0 Å². The molecule has 184 valence electrons. The number of ether oxygens (including phenoxy) is 1. The first-order chi connectivity index (χ1) is 15.7. The molecule has 2 N–H and O–H groups in total. The first kappa shape index (κ1) is 27.4. The van der Waals surface area contributed by atoms with Gasteiger partial charge in [-0.25, -0.2) is 0 Å². The number of aliphatic imine (C=N–C) groups is 1. The van der Waals surface area contributed by atoms with Gasteiger partial charge in [-0.1, -0.05) is 25.1 Å². The van der Waals surface area contributed by atoms with E-state index in [4.69, 9.17) is 9.73 Å². The van der Waals surface area contributed by atoms with E-state index in [-0.39, 0.29) is 36.1 Å².